The molecular weight excluding hydrogens is 320 g/mol. The highest BCUT2D eigenvalue weighted by atomic mass is 32.1. The van der Waals surface area contributed by atoms with Crippen LogP contribution in [0.3, 0.4) is 0 Å². The van der Waals surface area contributed by atoms with E-state index in [0.717, 1.165) is 31.7 Å². The van der Waals surface area contributed by atoms with E-state index in [9.17, 15) is 9.90 Å². The van der Waals surface area contributed by atoms with Crippen LogP contribution in [0.25, 0.3) is 21.0 Å². The quantitative estimate of drug-likeness (QED) is 0.758. The molecule has 22 heavy (non-hydrogen) atoms. The highest BCUT2D eigenvalue weighted by Crippen LogP contribution is 2.35. The predicted molar refractivity (Wildman–Crippen MR) is 86.8 cm³/mol. The van der Waals surface area contributed by atoms with E-state index in [1.807, 2.05) is 19.9 Å². The standard InChI is InChI=1S/C15H12N2O3S2/c1-7-14(21-8(2)16-7)11-6-13(22-17-11)9-3-4-10(15(19)20)12(18)5-9/h3-6,18H,1-2H3,(H,19,20). The molecule has 0 amide bonds. The molecule has 112 valence electrons. The van der Waals surface area contributed by atoms with Gasteiger partial charge in [0.25, 0.3) is 0 Å². The lowest BCUT2D eigenvalue weighted by molar-refractivity contribution is 0.0694. The van der Waals surface area contributed by atoms with Crippen molar-refractivity contribution in [2.75, 3.05) is 0 Å². The van der Waals surface area contributed by atoms with Gasteiger partial charge in [-0.2, -0.15) is 4.37 Å². The Morgan fingerprint density at radius 3 is 2.59 bits per heavy atom. The van der Waals surface area contributed by atoms with E-state index < -0.39 is 5.97 Å². The summed E-state index contributed by atoms with van der Waals surface area (Å²) in [5, 5.41) is 19.7. The van der Waals surface area contributed by atoms with Crippen molar-refractivity contribution in [2.45, 2.75) is 13.8 Å². The largest absolute Gasteiger partial charge is 0.507 e. The molecule has 3 aromatic rings. The number of aromatic hydroxyl groups is 1. The number of carboxylic acids is 1. The van der Waals surface area contributed by atoms with Crippen LogP contribution in [0.5, 0.6) is 5.75 Å². The van der Waals surface area contributed by atoms with Gasteiger partial charge in [0.05, 0.1) is 26.1 Å². The van der Waals surface area contributed by atoms with Gasteiger partial charge >= 0.3 is 5.97 Å². The zero-order valence-electron chi connectivity index (χ0n) is 11.8. The molecule has 0 bridgehead atoms. The fourth-order valence-corrected chi connectivity index (χ4v) is 3.83. The van der Waals surface area contributed by atoms with Crippen LogP contribution in [-0.2, 0) is 0 Å². The zero-order valence-corrected chi connectivity index (χ0v) is 13.5. The summed E-state index contributed by atoms with van der Waals surface area (Å²) in [6.07, 6.45) is 0. The van der Waals surface area contributed by atoms with Gasteiger partial charge in [-0.05, 0) is 49.1 Å². The van der Waals surface area contributed by atoms with E-state index in [0.29, 0.717) is 0 Å². The minimum atomic E-state index is -1.15. The number of hydrogen-bond donors (Lipinski definition) is 2. The van der Waals surface area contributed by atoms with Crippen LogP contribution >= 0.6 is 22.9 Å². The first-order valence-corrected chi connectivity index (χ1v) is 8.02. The molecule has 0 unspecified atom stereocenters. The van der Waals surface area contributed by atoms with Gasteiger partial charge in [-0.3, -0.25) is 0 Å². The first-order valence-electron chi connectivity index (χ1n) is 6.43. The number of nitrogens with zero attached hydrogens (tertiary/aromatic N) is 2. The van der Waals surface area contributed by atoms with Crippen LogP contribution in [0.1, 0.15) is 21.1 Å². The summed E-state index contributed by atoms with van der Waals surface area (Å²) in [6, 6.07) is 6.45. The van der Waals surface area contributed by atoms with Gasteiger partial charge in [-0.15, -0.1) is 11.3 Å². The Bertz CT molecular complexity index is 868. The Balaban J connectivity index is 1.99. The van der Waals surface area contributed by atoms with Crippen molar-refractivity contribution in [3.63, 3.8) is 0 Å². The molecule has 0 aliphatic heterocycles. The number of aromatic carboxylic acids is 1. The predicted octanol–water partition coefficient (Wildman–Crippen LogP) is 3.95. The maximum absolute atomic E-state index is 10.9. The summed E-state index contributed by atoms with van der Waals surface area (Å²) in [6.45, 7) is 3.91. The van der Waals surface area contributed by atoms with Crippen LogP contribution in [0, 0.1) is 13.8 Å². The van der Waals surface area contributed by atoms with Crippen LogP contribution in [0.4, 0.5) is 0 Å². The van der Waals surface area contributed by atoms with Gasteiger partial charge in [0, 0.05) is 0 Å². The van der Waals surface area contributed by atoms with Crippen molar-refractivity contribution in [1.29, 1.82) is 0 Å². The topological polar surface area (TPSA) is 83.3 Å². The van der Waals surface area contributed by atoms with Crippen LogP contribution in [0.2, 0.25) is 0 Å². The van der Waals surface area contributed by atoms with Gasteiger partial charge in [0.1, 0.15) is 11.3 Å². The molecule has 7 heteroatoms. The summed E-state index contributed by atoms with van der Waals surface area (Å²) in [4.78, 5) is 17.2. The normalized spacial score (nSPS) is 10.8. The number of carboxylic acid groups (broad SMARTS) is 1. The third-order valence-electron chi connectivity index (χ3n) is 3.16. The average Bonchev–Trinajstić information content (AvgIpc) is 3.04. The molecule has 0 fully saturated rings. The van der Waals surface area contributed by atoms with Crippen LogP contribution in [0.15, 0.2) is 24.3 Å². The lowest BCUT2D eigenvalue weighted by Gasteiger charge is -2.01. The number of phenols is 1. The summed E-state index contributed by atoms with van der Waals surface area (Å²) < 4.78 is 4.44. The van der Waals surface area contributed by atoms with Crippen molar-refractivity contribution < 1.29 is 15.0 Å². The number of aryl methyl sites for hydroxylation is 2. The Kier molecular flexibility index (Phi) is 3.67. The first-order chi connectivity index (χ1) is 10.5. The molecule has 1 aromatic carbocycles. The smallest absolute Gasteiger partial charge is 0.339 e. The Morgan fingerprint density at radius 2 is 2.00 bits per heavy atom. The summed E-state index contributed by atoms with van der Waals surface area (Å²) in [7, 11) is 0. The number of hydrogen-bond acceptors (Lipinski definition) is 6. The lowest BCUT2D eigenvalue weighted by Crippen LogP contribution is -1.96. The highest BCUT2D eigenvalue weighted by Gasteiger charge is 2.15. The second-order valence-corrected chi connectivity index (χ2v) is 6.77. The summed E-state index contributed by atoms with van der Waals surface area (Å²) in [5.74, 6) is -1.39. The van der Waals surface area contributed by atoms with Gasteiger partial charge in [0.15, 0.2) is 0 Å². The van der Waals surface area contributed by atoms with Crippen molar-refractivity contribution >= 4 is 28.8 Å². The first kappa shape index (κ1) is 14.7. The van der Waals surface area contributed by atoms with Gasteiger partial charge < -0.3 is 10.2 Å². The minimum absolute atomic E-state index is 0.109. The van der Waals surface area contributed by atoms with E-state index in [1.165, 1.54) is 23.7 Å². The molecule has 0 saturated carbocycles. The second kappa shape index (κ2) is 5.51. The molecule has 5 nitrogen and oxygen atoms in total. The summed E-state index contributed by atoms with van der Waals surface area (Å²) >= 11 is 2.90. The van der Waals surface area contributed by atoms with Crippen molar-refractivity contribution in [2.24, 2.45) is 0 Å². The monoisotopic (exact) mass is 332 g/mol. The van der Waals surface area contributed by atoms with Crippen LogP contribution in [-0.4, -0.2) is 25.5 Å². The third kappa shape index (κ3) is 2.60. The average molecular weight is 332 g/mol. The molecule has 0 aliphatic rings. The number of carbonyl (C=O) groups is 1. The van der Waals surface area contributed by atoms with Crippen molar-refractivity contribution in [3.8, 4) is 26.8 Å². The van der Waals surface area contributed by atoms with Crippen LogP contribution < -0.4 is 0 Å². The highest BCUT2D eigenvalue weighted by molar-refractivity contribution is 7.15. The number of aromatic nitrogens is 2. The third-order valence-corrected chi connectivity index (χ3v) is 5.09. The van der Waals surface area contributed by atoms with Crippen molar-refractivity contribution in [1.82, 2.24) is 9.36 Å². The number of rotatable bonds is 3. The minimum Gasteiger partial charge on any atom is -0.507 e. The van der Waals surface area contributed by atoms with E-state index in [-0.39, 0.29) is 11.3 Å². The Labute approximate surface area is 134 Å². The lowest BCUT2D eigenvalue weighted by atomic mass is 10.1. The molecule has 0 atom stereocenters. The molecule has 0 saturated heterocycles. The molecular formula is C15H12N2O3S2. The number of benzene rings is 1. The molecule has 2 aromatic heterocycles. The van der Waals surface area contributed by atoms with E-state index >= 15 is 0 Å². The number of thiazole rings is 1. The fourth-order valence-electron chi connectivity index (χ4n) is 2.15. The van der Waals surface area contributed by atoms with Gasteiger partial charge in [-0.1, -0.05) is 6.07 Å². The maximum Gasteiger partial charge on any atom is 0.339 e. The van der Waals surface area contributed by atoms with Crippen molar-refractivity contribution in [3.05, 3.63) is 40.5 Å². The fraction of sp³-hybridized carbons (Fsp3) is 0.133. The molecule has 0 spiro atoms. The SMILES string of the molecule is Cc1nc(C)c(-c2cc(-c3ccc(C(=O)O)c(O)c3)sn2)s1. The van der Waals surface area contributed by atoms with E-state index in [2.05, 4.69) is 9.36 Å². The molecule has 0 radical (unpaired) electrons. The molecule has 2 heterocycles. The Hall–Kier alpha value is -2.25. The van der Waals surface area contributed by atoms with E-state index in [4.69, 9.17) is 5.11 Å². The van der Waals surface area contributed by atoms with Gasteiger partial charge in [-0.25, -0.2) is 9.78 Å². The molecule has 2 N–H and O–H groups in total. The molecule has 3 rings (SSSR count). The maximum atomic E-state index is 10.9. The van der Waals surface area contributed by atoms with Gasteiger partial charge in [0.2, 0.25) is 0 Å². The summed E-state index contributed by atoms with van der Waals surface area (Å²) in [5.41, 5.74) is 2.43. The zero-order chi connectivity index (χ0) is 15.9. The second-order valence-electron chi connectivity index (χ2n) is 4.76. The molecule has 0 aliphatic carbocycles. The Morgan fingerprint density at radius 1 is 1.23 bits per heavy atom. The van der Waals surface area contributed by atoms with E-state index in [1.54, 1.807) is 17.4 Å².